The van der Waals surface area contributed by atoms with Crippen molar-refractivity contribution < 1.29 is 14.3 Å². The lowest BCUT2D eigenvalue weighted by atomic mass is 9.96. The van der Waals surface area contributed by atoms with Gasteiger partial charge in [0.05, 0.1) is 6.61 Å². The Bertz CT molecular complexity index is 1210. The monoisotopic (exact) mass is 395 g/mol. The zero-order valence-electron chi connectivity index (χ0n) is 16.6. The number of hydrogen-bond donors (Lipinski definition) is 1. The van der Waals surface area contributed by atoms with Gasteiger partial charge in [0.25, 0.3) is 5.91 Å². The number of carbonyl (C=O) groups excluding carboxylic acids is 2. The van der Waals surface area contributed by atoms with E-state index in [1.54, 1.807) is 37.3 Å². The van der Waals surface area contributed by atoms with E-state index in [4.69, 9.17) is 4.74 Å². The number of amides is 1. The summed E-state index contributed by atoms with van der Waals surface area (Å²) in [6.45, 7) is 1.95. The van der Waals surface area contributed by atoms with Gasteiger partial charge in [0.2, 0.25) is 0 Å². The van der Waals surface area contributed by atoms with E-state index in [0.717, 1.165) is 27.1 Å². The standard InChI is InChI=1S/C26H21NO3/c1-2-30-26(29)24(27-25(28)18-10-4-3-5-11-18)17-23-21-14-8-6-12-19(21)16-20-13-7-9-15-22(20)23/h3-17H,2H2,1H3,(H,27,28). The van der Waals surface area contributed by atoms with Crippen molar-refractivity contribution >= 4 is 39.5 Å². The Labute approximate surface area is 174 Å². The molecular weight excluding hydrogens is 374 g/mol. The maximum Gasteiger partial charge on any atom is 0.354 e. The molecule has 0 saturated heterocycles. The predicted octanol–water partition coefficient (Wildman–Crippen LogP) is 5.33. The predicted molar refractivity (Wildman–Crippen MR) is 120 cm³/mol. The van der Waals surface area contributed by atoms with Gasteiger partial charge >= 0.3 is 5.97 Å². The average molecular weight is 395 g/mol. The van der Waals surface area contributed by atoms with Crippen LogP contribution < -0.4 is 5.32 Å². The van der Waals surface area contributed by atoms with Crippen molar-refractivity contribution in [2.24, 2.45) is 0 Å². The number of rotatable bonds is 5. The number of hydrogen-bond acceptors (Lipinski definition) is 3. The van der Waals surface area contributed by atoms with Crippen LogP contribution in [0.2, 0.25) is 0 Å². The molecule has 4 heteroatoms. The molecule has 1 N–H and O–H groups in total. The quantitative estimate of drug-likeness (QED) is 0.282. The summed E-state index contributed by atoms with van der Waals surface area (Å²) < 4.78 is 5.22. The fourth-order valence-corrected chi connectivity index (χ4v) is 3.49. The van der Waals surface area contributed by atoms with Crippen molar-refractivity contribution in [2.75, 3.05) is 6.61 Å². The van der Waals surface area contributed by atoms with Gasteiger partial charge in [-0.2, -0.15) is 0 Å². The normalized spacial score (nSPS) is 11.4. The Balaban J connectivity index is 1.88. The third-order valence-corrected chi connectivity index (χ3v) is 4.88. The van der Waals surface area contributed by atoms with Crippen molar-refractivity contribution in [3.63, 3.8) is 0 Å². The third-order valence-electron chi connectivity index (χ3n) is 4.88. The number of fused-ring (bicyclic) bond motifs is 2. The first-order valence-electron chi connectivity index (χ1n) is 9.83. The summed E-state index contributed by atoms with van der Waals surface area (Å²) in [6.07, 6.45) is 1.71. The van der Waals surface area contributed by atoms with E-state index < -0.39 is 5.97 Å². The molecule has 0 heterocycles. The molecule has 0 aliphatic carbocycles. The Morgan fingerprint density at radius 2 is 1.40 bits per heavy atom. The van der Waals surface area contributed by atoms with E-state index in [-0.39, 0.29) is 18.2 Å². The number of benzene rings is 4. The first-order valence-corrected chi connectivity index (χ1v) is 9.83. The molecule has 30 heavy (non-hydrogen) atoms. The summed E-state index contributed by atoms with van der Waals surface area (Å²) in [6, 6.07) is 26.9. The highest BCUT2D eigenvalue weighted by atomic mass is 16.5. The van der Waals surface area contributed by atoms with E-state index >= 15 is 0 Å². The summed E-state index contributed by atoms with van der Waals surface area (Å²) in [5.74, 6) is -0.932. The minimum atomic E-state index is -0.571. The van der Waals surface area contributed by atoms with Crippen molar-refractivity contribution in [3.8, 4) is 0 Å². The molecular formula is C26H21NO3. The van der Waals surface area contributed by atoms with Gasteiger partial charge in [-0.1, -0.05) is 66.7 Å². The van der Waals surface area contributed by atoms with Crippen molar-refractivity contribution in [2.45, 2.75) is 6.92 Å². The van der Waals surface area contributed by atoms with Gasteiger partial charge in [-0.25, -0.2) is 4.79 Å². The molecule has 0 aromatic heterocycles. The van der Waals surface area contributed by atoms with E-state index in [2.05, 4.69) is 11.4 Å². The van der Waals surface area contributed by atoms with Crippen molar-refractivity contribution in [1.29, 1.82) is 0 Å². The molecule has 0 atom stereocenters. The van der Waals surface area contributed by atoms with Gasteiger partial charge in [0, 0.05) is 5.56 Å². The molecule has 4 aromatic rings. The number of nitrogens with one attached hydrogen (secondary N) is 1. The highest BCUT2D eigenvalue weighted by Gasteiger charge is 2.17. The Morgan fingerprint density at radius 3 is 2.00 bits per heavy atom. The molecule has 0 saturated carbocycles. The smallest absolute Gasteiger partial charge is 0.354 e. The van der Waals surface area contributed by atoms with Crippen LogP contribution in [0.1, 0.15) is 22.8 Å². The van der Waals surface area contributed by atoms with E-state index in [0.29, 0.717) is 5.56 Å². The summed E-state index contributed by atoms with van der Waals surface area (Å²) >= 11 is 0. The summed E-state index contributed by atoms with van der Waals surface area (Å²) in [5, 5.41) is 6.84. The van der Waals surface area contributed by atoms with Crippen LogP contribution >= 0.6 is 0 Å². The van der Waals surface area contributed by atoms with E-state index in [1.165, 1.54) is 0 Å². The van der Waals surface area contributed by atoms with Crippen LogP contribution in [-0.2, 0) is 9.53 Å². The van der Waals surface area contributed by atoms with Gasteiger partial charge in [0.1, 0.15) is 5.70 Å². The summed E-state index contributed by atoms with van der Waals surface area (Å²) in [5.41, 5.74) is 1.43. The first kappa shape index (κ1) is 19.4. The molecule has 0 aliphatic rings. The Hall–Kier alpha value is -3.92. The molecule has 4 nitrogen and oxygen atoms in total. The minimum Gasteiger partial charge on any atom is -0.461 e. The van der Waals surface area contributed by atoms with Crippen LogP contribution in [0.25, 0.3) is 27.6 Å². The highest BCUT2D eigenvalue weighted by molar-refractivity contribution is 6.10. The second-order valence-electron chi connectivity index (χ2n) is 6.83. The largest absolute Gasteiger partial charge is 0.461 e. The SMILES string of the molecule is CCOC(=O)C(=Cc1c2ccccc2cc2ccccc12)NC(=O)c1ccccc1. The molecule has 0 radical (unpaired) electrons. The fourth-order valence-electron chi connectivity index (χ4n) is 3.49. The zero-order chi connectivity index (χ0) is 20.9. The van der Waals surface area contributed by atoms with Crippen LogP contribution in [0.5, 0.6) is 0 Å². The zero-order valence-corrected chi connectivity index (χ0v) is 16.6. The Kier molecular flexibility index (Phi) is 5.57. The van der Waals surface area contributed by atoms with Crippen LogP contribution in [0.4, 0.5) is 0 Å². The summed E-state index contributed by atoms with van der Waals surface area (Å²) in [7, 11) is 0. The second kappa shape index (κ2) is 8.62. The molecule has 4 aromatic carbocycles. The van der Waals surface area contributed by atoms with Crippen molar-refractivity contribution in [1.82, 2.24) is 5.32 Å². The number of carbonyl (C=O) groups is 2. The highest BCUT2D eigenvalue weighted by Crippen LogP contribution is 2.30. The van der Waals surface area contributed by atoms with Crippen molar-refractivity contribution in [3.05, 3.63) is 102 Å². The molecule has 0 unspecified atom stereocenters. The van der Waals surface area contributed by atoms with Gasteiger partial charge in [-0.15, -0.1) is 0 Å². The lowest BCUT2D eigenvalue weighted by Crippen LogP contribution is -2.28. The molecule has 0 spiro atoms. The maximum absolute atomic E-state index is 12.7. The second-order valence-corrected chi connectivity index (χ2v) is 6.83. The molecule has 148 valence electrons. The molecule has 0 aliphatic heterocycles. The fraction of sp³-hybridized carbons (Fsp3) is 0.0769. The van der Waals surface area contributed by atoms with Gasteiger partial charge < -0.3 is 10.1 Å². The maximum atomic E-state index is 12.7. The topological polar surface area (TPSA) is 55.4 Å². The molecule has 1 amide bonds. The first-order chi connectivity index (χ1) is 14.7. The summed E-state index contributed by atoms with van der Waals surface area (Å²) in [4.78, 5) is 25.4. The van der Waals surface area contributed by atoms with Crippen LogP contribution in [0.3, 0.4) is 0 Å². The van der Waals surface area contributed by atoms with E-state index in [9.17, 15) is 9.59 Å². The Morgan fingerprint density at radius 1 is 0.833 bits per heavy atom. The number of ether oxygens (including phenoxy) is 1. The van der Waals surface area contributed by atoms with Crippen LogP contribution in [-0.4, -0.2) is 18.5 Å². The average Bonchev–Trinajstić information content (AvgIpc) is 2.79. The molecule has 0 bridgehead atoms. The van der Waals surface area contributed by atoms with Gasteiger partial charge in [0.15, 0.2) is 0 Å². The van der Waals surface area contributed by atoms with Gasteiger partial charge in [-0.05, 0) is 58.3 Å². The molecule has 0 fully saturated rings. The lowest BCUT2D eigenvalue weighted by Gasteiger charge is -2.12. The van der Waals surface area contributed by atoms with Crippen LogP contribution in [0.15, 0.2) is 90.6 Å². The lowest BCUT2D eigenvalue weighted by molar-refractivity contribution is -0.138. The van der Waals surface area contributed by atoms with E-state index in [1.807, 2.05) is 54.6 Å². The minimum absolute atomic E-state index is 0.104. The number of esters is 1. The van der Waals surface area contributed by atoms with Crippen LogP contribution in [0, 0.1) is 0 Å². The third kappa shape index (κ3) is 3.94. The van der Waals surface area contributed by atoms with Gasteiger partial charge in [-0.3, -0.25) is 4.79 Å². The molecule has 4 rings (SSSR count).